The van der Waals surface area contributed by atoms with Crippen LogP contribution in [0.2, 0.25) is 0 Å². The van der Waals surface area contributed by atoms with E-state index in [1.165, 1.54) is 12.3 Å². The lowest BCUT2D eigenvalue weighted by atomic mass is 9.90. The van der Waals surface area contributed by atoms with E-state index >= 15 is 0 Å². The number of carbonyl (C=O) groups is 1. The molecule has 2 aromatic rings. The van der Waals surface area contributed by atoms with Gasteiger partial charge in [-0.2, -0.15) is 0 Å². The van der Waals surface area contributed by atoms with Crippen LogP contribution in [0.3, 0.4) is 0 Å². The van der Waals surface area contributed by atoms with E-state index in [9.17, 15) is 35.4 Å². The summed E-state index contributed by atoms with van der Waals surface area (Å²) in [4.78, 5) is 17.2. The first-order valence-corrected chi connectivity index (χ1v) is 15.8. The topological polar surface area (TPSA) is 192 Å². The summed E-state index contributed by atoms with van der Waals surface area (Å²) in [6.07, 6.45) is -0.645. The predicted molar refractivity (Wildman–Crippen MR) is 162 cm³/mol. The molecule has 0 saturated carbocycles. The predicted octanol–water partition coefficient (Wildman–Crippen LogP) is 2.29. The second-order valence-electron chi connectivity index (χ2n) is 12.3. The van der Waals surface area contributed by atoms with Gasteiger partial charge in [-0.25, -0.2) is 9.78 Å². The summed E-state index contributed by atoms with van der Waals surface area (Å²) in [5.74, 6) is -0.392. The summed E-state index contributed by atoms with van der Waals surface area (Å²) in [5.41, 5.74) is 2.04. The number of fused-ring (bicyclic) bond motifs is 1. The maximum absolute atomic E-state index is 12.8. The minimum absolute atomic E-state index is 0.0244. The SMILES string of the molecule is CC[C@H](C)Cc1ccc2c(c1O)C(=O)O[C@H](C[C@@H](O)/C=C/c1coc(C[C@H](O[C@H]3O[C@H](CO)[C@@H](O)[C@@H]3O)[C@H](C)[C@H](O)CC)n1)C2. The van der Waals surface area contributed by atoms with Crippen molar-refractivity contribution in [2.75, 3.05) is 6.61 Å². The standard InChI is InChI=1S/C33H47NO11/c1-5-17(3)11-20-8-7-19-12-23(43-32(41)28(19)29(20)38)13-22(36)10-9-21-16-42-27(34-21)14-25(18(4)24(37)6-2)44-33-31(40)30(39)26(15-35)45-33/h7-10,16-18,22-26,30-31,33,35-40H,5-6,11-15H2,1-4H3/b10-9+/t17-,18+,22-,23-,24+,25-,26+,30+,31-,33-/m0/s1. The minimum Gasteiger partial charge on any atom is -0.507 e. The van der Waals surface area contributed by atoms with Crippen molar-refractivity contribution in [3.8, 4) is 5.75 Å². The highest BCUT2D eigenvalue weighted by Crippen LogP contribution is 2.34. The third-order valence-electron chi connectivity index (χ3n) is 8.90. The Bertz CT molecular complexity index is 1300. The maximum atomic E-state index is 12.8. The highest BCUT2D eigenvalue weighted by molar-refractivity contribution is 5.95. The molecule has 1 aromatic carbocycles. The van der Waals surface area contributed by atoms with Crippen LogP contribution in [0.1, 0.15) is 80.0 Å². The Labute approximate surface area is 263 Å². The zero-order valence-electron chi connectivity index (χ0n) is 26.3. The Balaban J connectivity index is 1.36. The molecule has 2 aliphatic heterocycles. The summed E-state index contributed by atoms with van der Waals surface area (Å²) >= 11 is 0. The van der Waals surface area contributed by atoms with Gasteiger partial charge in [0.25, 0.3) is 0 Å². The zero-order chi connectivity index (χ0) is 32.8. The van der Waals surface area contributed by atoms with Crippen LogP contribution in [-0.2, 0) is 33.5 Å². The molecule has 4 rings (SSSR count). The maximum Gasteiger partial charge on any atom is 0.342 e. The monoisotopic (exact) mass is 633 g/mol. The molecule has 250 valence electrons. The van der Waals surface area contributed by atoms with Gasteiger partial charge in [-0.1, -0.05) is 52.3 Å². The largest absolute Gasteiger partial charge is 0.507 e. The number of aliphatic hydroxyl groups is 5. The number of esters is 1. The molecule has 2 aliphatic rings. The van der Waals surface area contributed by atoms with Crippen molar-refractivity contribution in [3.63, 3.8) is 0 Å². The molecule has 12 heteroatoms. The minimum atomic E-state index is -1.38. The van der Waals surface area contributed by atoms with Gasteiger partial charge in [0.15, 0.2) is 12.2 Å². The Kier molecular flexibility index (Phi) is 12.2. The molecule has 12 nitrogen and oxygen atoms in total. The summed E-state index contributed by atoms with van der Waals surface area (Å²) in [7, 11) is 0. The van der Waals surface area contributed by atoms with Crippen molar-refractivity contribution < 1.29 is 54.1 Å². The van der Waals surface area contributed by atoms with Crippen LogP contribution in [0.5, 0.6) is 5.75 Å². The molecule has 6 N–H and O–H groups in total. The molecule has 1 fully saturated rings. The third kappa shape index (κ3) is 8.50. The number of ether oxygens (including phenoxy) is 3. The van der Waals surface area contributed by atoms with Gasteiger partial charge in [0.2, 0.25) is 0 Å². The molecule has 3 heterocycles. The van der Waals surface area contributed by atoms with Crippen molar-refractivity contribution in [3.05, 3.63) is 52.7 Å². The number of cyclic esters (lactones) is 1. The van der Waals surface area contributed by atoms with Gasteiger partial charge < -0.3 is 49.3 Å². The number of oxazole rings is 1. The molecule has 1 saturated heterocycles. The summed E-state index contributed by atoms with van der Waals surface area (Å²) in [5, 5.41) is 61.7. The fourth-order valence-corrected chi connectivity index (χ4v) is 5.74. The van der Waals surface area contributed by atoms with E-state index in [4.69, 9.17) is 18.6 Å². The van der Waals surface area contributed by atoms with Gasteiger partial charge in [0, 0.05) is 18.8 Å². The van der Waals surface area contributed by atoms with E-state index in [-0.39, 0.29) is 30.0 Å². The highest BCUT2D eigenvalue weighted by Gasteiger charge is 2.45. The van der Waals surface area contributed by atoms with Crippen molar-refractivity contribution in [2.24, 2.45) is 11.8 Å². The van der Waals surface area contributed by atoms with Crippen molar-refractivity contribution >= 4 is 12.0 Å². The third-order valence-corrected chi connectivity index (χ3v) is 8.90. The number of hydrogen-bond acceptors (Lipinski definition) is 12. The van der Waals surface area contributed by atoms with E-state index in [0.29, 0.717) is 36.4 Å². The normalized spacial score (nSPS) is 26.8. The lowest BCUT2D eigenvalue weighted by Gasteiger charge is -2.30. The number of aromatic hydroxyl groups is 1. The van der Waals surface area contributed by atoms with Crippen LogP contribution < -0.4 is 0 Å². The molecular formula is C33H47NO11. The number of aliphatic hydroxyl groups excluding tert-OH is 5. The van der Waals surface area contributed by atoms with Crippen molar-refractivity contribution in [2.45, 2.75) is 115 Å². The molecule has 0 radical (unpaired) electrons. The van der Waals surface area contributed by atoms with Crippen LogP contribution in [-0.4, -0.2) is 97.2 Å². The quantitative estimate of drug-likeness (QED) is 0.157. The average Bonchev–Trinajstić information content (AvgIpc) is 3.58. The molecule has 1 aromatic heterocycles. The van der Waals surface area contributed by atoms with Crippen LogP contribution in [0.15, 0.2) is 28.9 Å². The van der Waals surface area contributed by atoms with Gasteiger partial charge in [-0.3, -0.25) is 0 Å². The summed E-state index contributed by atoms with van der Waals surface area (Å²) in [6, 6.07) is 3.70. The Morgan fingerprint density at radius 2 is 1.87 bits per heavy atom. The van der Waals surface area contributed by atoms with E-state index in [1.807, 2.05) is 19.1 Å². The molecule has 0 amide bonds. The number of nitrogens with zero attached hydrogens (tertiary/aromatic N) is 1. The van der Waals surface area contributed by atoms with Crippen LogP contribution in [0, 0.1) is 11.8 Å². The van der Waals surface area contributed by atoms with Gasteiger partial charge in [-0.15, -0.1) is 0 Å². The van der Waals surface area contributed by atoms with Gasteiger partial charge >= 0.3 is 5.97 Å². The number of hydrogen-bond donors (Lipinski definition) is 6. The molecule has 0 bridgehead atoms. The van der Waals surface area contributed by atoms with Gasteiger partial charge in [-0.05, 0) is 36.0 Å². The number of aromatic nitrogens is 1. The van der Waals surface area contributed by atoms with Crippen LogP contribution >= 0.6 is 0 Å². The molecule has 45 heavy (non-hydrogen) atoms. The van der Waals surface area contributed by atoms with E-state index in [0.717, 1.165) is 12.0 Å². The Morgan fingerprint density at radius 3 is 2.53 bits per heavy atom. The second-order valence-corrected chi connectivity index (χ2v) is 12.3. The molecule has 10 atom stereocenters. The van der Waals surface area contributed by atoms with E-state index in [1.54, 1.807) is 13.0 Å². The fourth-order valence-electron chi connectivity index (χ4n) is 5.74. The first kappa shape index (κ1) is 35.0. The summed E-state index contributed by atoms with van der Waals surface area (Å²) < 4.78 is 22.6. The Morgan fingerprint density at radius 1 is 1.11 bits per heavy atom. The number of carbonyl (C=O) groups excluding carboxylic acids is 1. The lowest BCUT2D eigenvalue weighted by molar-refractivity contribution is -0.209. The highest BCUT2D eigenvalue weighted by atomic mass is 16.7. The number of benzene rings is 1. The number of phenols is 1. The first-order valence-electron chi connectivity index (χ1n) is 15.8. The average molecular weight is 634 g/mol. The lowest BCUT2D eigenvalue weighted by Crippen LogP contribution is -2.40. The molecule has 0 aliphatic carbocycles. The summed E-state index contributed by atoms with van der Waals surface area (Å²) in [6.45, 7) is 7.28. The number of phenolic OH excluding ortho intramolecular Hbond substituents is 1. The molecule has 0 spiro atoms. The van der Waals surface area contributed by atoms with Gasteiger partial charge in [0.05, 0.1) is 31.3 Å². The Hall–Kier alpha value is -2.84. The fraction of sp³-hybridized carbons (Fsp3) is 0.636. The van der Waals surface area contributed by atoms with Crippen LogP contribution in [0.25, 0.3) is 6.08 Å². The molecular weight excluding hydrogens is 586 g/mol. The van der Waals surface area contributed by atoms with Crippen molar-refractivity contribution in [1.29, 1.82) is 0 Å². The van der Waals surface area contributed by atoms with Crippen LogP contribution in [0.4, 0.5) is 0 Å². The number of rotatable bonds is 15. The first-order chi connectivity index (χ1) is 21.4. The molecule has 0 unspecified atom stereocenters. The zero-order valence-corrected chi connectivity index (χ0v) is 26.3. The van der Waals surface area contributed by atoms with Crippen molar-refractivity contribution in [1.82, 2.24) is 4.98 Å². The van der Waals surface area contributed by atoms with E-state index in [2.05, 4.69) is 18.8 Å². The van der Waals surface area contributed by atoms with Gasteiger partial charge in [0.1, 0.15) is 47.7 Å². The smallest absolute Gasteiger partial charge is 0.342 e. The second kappa shape index (κ2) is 15.6. The van der Waals surface area contributed by atoms with E-state index < -0.39 is 67.5 Å².